The van der Waals surface area contributed by atoms with Crippen LogP contribution in [0.1, 0.15) is 11.1 Å². The van der Waals surface area contributed by atoms with E-state index in [0.717, 1.165) is 5.56 Å². The molecule has 0 aliphatic heterocycles. The number of rotatable bonds is 8. The first-order chi connectivity index (χ1) is 15.2. The number of nitrogens with one attached hydrogen (secondary N) is 1. The maximum absolute atomic E-state index is 12.7. The molecule has 0 aromatic heterocycles. The average molecular weight is 455 g/mol. The number of carbonyl (C=O) groups is 1. The quantitative estimate of drug-likeness (QED) is 0.553. The number of likely N-dealkylation sites (N-methyl/N-ethyl adjacent to an activating group) is 1. The number of benzene rings is 3. The number of sulfonamides is 1. The van der Waals surface area contributed by atoms with Gasteiger partial charge in [-0.1, -0.05) is 17.7 Å². The van der Waals surface area contributed by atoms with Gasteiger partial charge in [0.05, 0.1) is 12.0 Å². The Morgan fingerprint density at radius 3 is 2.22 bits per heavy atom. The third kappa shape index (κ3) is 5.59. The van der Waals surface area contributed by atoms with Crippen molar-refractivity contribution >= 4 is 27.3 Å². The van der Waals surface area contributed by atoms with Crippen LogP contribution in [-0.2, 0) is 14.8 Å². The summed E-state index contributed by atoms with van der Waals surface area (Å²) in [5.41, 5.74) is 2.84. The van der Waals surface area contributed by atoms with Gasteiger partial charge in [-0.3, -0.25) is 9.52 Å². The molecule has 1 N–H and O–H groups in total. The van der Waals surface area contributed by atoms with Crippen molar-refractivity contribution in [1.82, 2.24) is 0 Å². The maximum atomic E-state index is 12.7. The Morgan fingerprint density at radius 1 is 0.969 bits per heavy atom. The second-order valence-corrected chi connectivity index (χ2v) is 9.02. The van der Waals surface area contributed by atoms with Gasteiger partial charge in [0.15, 0.2) is 6.61 Å². The van der Waals surface area contributed by atoms with E-state index in [1.807, 2.05) is 19.1 Å². The molecule has 1 amide bonds. The van der Waals surface area contributed by atoms with Crippen molar-refractivity contribution in [3.05, 3.63) is 77.9 Å². The molecule has 8 heteroatoms. The molecule has 0 unspecified atom stereocenters. The predicted octanol–water partition coefficient (Wildman–Crippen LogP) is 4.15. The van der Waals surface area contributed by atoms with Crippen molar-refractivity contribution in [2.24, 2.45) is 0 Å². The van der Waals surface area contributed by atoms with Gasteiger partial charge in [0, 0.05) is 18.4 Å². The van der Waals surface area contributed by atoms with Gasteiger partial charge >= 0.3 is 0 Å². The van der Waals surface area contributed by atoms with E-state index in [9.17, 15) is 13.2 Å². The molecule has 0 aliphatic rings. The highest BCUT2D eigenvalue weighted by molar-refractivity contribution is 7.92. The summed E-state index contributed by atoms with van der Waals surface area (Å²) in [6.45, 7) is 3.48. The second-order valence-electron chi connectivity index (χ2n) is 7.34. The highest BCUT2D eigenvalue weighted by atomic mass is 32.2. The van der Waals surface area contributed by atoms with Crippen molar-refractivity contribution in [2.45, 2.75) is 18.7 Å². The Morgan fingerprint density at radius 2 is 1.62 bits per heavy atom. The third-order valence-electron chi connectivity index (χ3n) is 4.95. The first kappa shape index (κ1) is 23.1. The molecule has 0 bridgehead atoms. The Bertz CT molecular complexity index is 1190. The van der Waals surface area contributed by atoms with Crippen LogP contribution in [0.5, 0.6) is 11.5 Å². The molecule has 168 valence electrons. The van der Waals surface area contributed by atoms with Gasteiger partial charge in [0.2, 0.25) is 0 Å². The molecule has 0 aliphatic carbocycles. The molecule has 7 nitrogen and oxygen atoms in total. The Balaban J connectivity index is 1.65. The van der Waals surface area contributed by atoms with E-state index in [2.05, 4.69) is 4.72 Å². The maximum Gasteiger partial charge on any atom is 0.264 e. The van der Waals surface area contributed by atoms with E-state index in [1.54, 1.807) is 63.5 Å². The summed E-state index contributed by atoms with van der Waals surface area (Å²) < 4.78 is 38.7. The summed E-state index contributed by atoms with van der Waals surface area (Å²) in [6.07, 6.45) is 0. The molecule has 32 heavy (non-hydrogen) atoms. The van der Waals surface area contributed by atoms with E-state index >= 15 is 0 Å². The number of aryl methyl sites for hydroxylation is 2. The van der Waals surface area contributed by atoms with Crippen LogP contribution in [0.3, 0.4) is 0 Å². The van der Waals surface area contributed by atoms with E-state index in [4.69, 9.17) is 9.47 Å². The summed E-state index contributed by atoms with van der Waals surface area (Å²) in [6, 6.07) is 18.7. The van der Waals surface area contributed by atoms with Gasteiger partial charge in [-0.25, -0.2) is 8.42 Å². The molecular weight excluding hydrogens is 428 g/mol. The predicted molar refractivity (Wildman–Crippen MR) is 125 cm³/mol. The zero-order chi connectivity index (χ0) is 23.3. The lowest BCUT2D eigenvalue weighted by molar-refractivity contribution is -0.120. The molecule has 0 atom stereocenters. The van der Waals surface area contributed by atoms with Crippen LogP contribution in [0.25, 0.3) is 0 Å². The second kappa shape index (κ2) is 9.74. The molecule has 0 spiro atoms. The Kier molecular flexibility index (Phi) is 7.05. The standard InChI is InChI=1S/C24H26N2O5S/c1-17-5-7-19(8-6-17)25-32(28,29)22-13-14-23(18(2)15-22)31-16-24(27)26(3)20-9-11-21(30-4)12-10-20/h5-15,25H,16H2,1-4H3. The van der Waals surface area contributed by atoms with Crippen molar-refractivity contribution < 1.29 is 22.7 Å². The third-order valence-corrected chi connectivity index (χ3v) is 6.32. The van der Waals surface area contributed by atoms with Gasteiger partial charge in [0.25, 0.3) is 15.9 Å². The van der Waals surface area contributed by atoms with Crippen LogP contribution in [0.4, 0.5) is 11.4 Å². The highest BCUT2D eigenvalue weighted by Crippen LogP contribution is 2.24. The van der Waals surface area contributed by atoms with E-state index in [1.165, 1.54) is 17.0 Å². The fourth-order valence-corrected chi connectivity index (χ4v) is 4.12. The SMILES string of the molecule is COc1ccc(N(C)C(=O)COc2ccc(S(=O)(=O)Nc3ccc(C)cc3)cc2C)cc1. The molecule has 3 aromatic rings. The largest absolute Gasteiger partial charge is 0.497 e. The lowest BCUT2D eigenvalue weighted by atomic mass is 10.2. The van der Waals surface area contributed by atoms with E-state index in [0.29, 0.717) is 28.4 Å². The van der Waals surface area contributed by atoms with Gasteiger partial charge in [-0.15, -0.1) is 0 Å². The molecule has 0 saturated heterocycles. The zero-order valence-corrected chi connectivity index (χ0v) is 19.3. The van der Waals surface area contributed by atoms with Crippen molar-refractivity contribution in [1.29, 1.82) is 0 Å². The highest BCUT2D eigenvalue weighted by Gasteiger charge is 2.17. The van der Waals surface area contributed by atoms with Crippen LogP contribution >= 0.6 is 0 Å². The molecule has 0 radical (unpaired) electrons. The topological polar surface area (TPSA) is 84.9 Å². The van der Waals surface area contributed by atoms with Gasteiger partial charge < -0.3 is 14.4 Å². The molecule has 0 heterocycles. The monoisotopic (exact) mass is 454 g/mol. The average Bonchev–Trinajstić information content (AvgIpc) is 2.79. The normalized spacial score (nSPS) is 11.0. The summed E-state index contributed by atoms with van der Waals surface area (Å²) >= 11 is 0. The zero-order valence-electron chi connectivity index (χ0n) is 18.5. The number of methoxy groups -OCH3 is 1. The van der Waals surface area contributed by atoms with Gasteiger partial charge in [-0.05, 0) is 74.0 Å². The minimum Gasteiger partial charge on any atom is -0.497 e. The van der Waals surface area contributed by atoms with Crippen LogP contribution < -0.4 is 19.1 Å². The number of hydrogen-bond acceptors (Lipinski definition) is 5. The lowest BCUT2D eigenvalue weighted by Gasteiger charge is -2.18. The number of hydrogen-bond donors (Lipinski definition) is 1. The van der Waals surface area contributed by atoms with Crippen LogP contribution in [-0.4, -0.2) is 35.1 Å². The number of carbonyl (C=O) groups excluding carboxylic acids is 1. The molecule has 3 rings (SSSR count). The number of nitrogens with zero attached hydrogens (tertiary/aromatic N) is 1. The molecule has 0 fully saturated rings. The van der Waals surface area contributed by atoms with Gasteiger partial charge in [0.1, 0.15) is 11.5 Å². The first-order valence-electron chi connectivity index (χ1n) is 9.93. The molecular formula is C24H26N2O5S. The first-order valence-corrected chi connectivity index (χ1v) is 11.4. The molecule has 3 aromatic carbocycles. The summed E-state index contributed by atoms with van der Waals surface area (Å²) in [7, 11) is -0.505. The number of anilines is 2. The minimum atomic E-state index is -3.74. The van der Waals surface area contributed by atoms with Gasteiger partial charge in [-0.2, -0.15) is 0 Å². The Hall–Kier alpha value is -3.52. The van der Waals surface area contributed by atoms with Crippen molar-refractivity contribution in [3.63, 3.8) is 0 Å². The fraction of sp³-hybridized carbons (Fsp3) is 0.208. The summed E-state index contributed by atoms with van der Waals surface area (Å²) in [5, 5.41) is 0. The van der Waals surface area contributed by atoms with Crippen LogP contribution in [0.2, 0.25) is 0 Å². The smallest absolute Gasteiger partial charge is 0.264 e. The minimum absolute atomic E-state index is 0.115. The van der Waals surface area contributed by atoms with Crippen molar-refractivity contribution in [2.75, 3.05) is 30.4 Å². The van der Waals surface area contributed by atoms with Crippen LogP contribution in [0.15, 0.2) is 71.6 Å². The summed E-state index contributed by atoms with van der Waals surface area (Å²) in [5.74, 6) is 0.899. The Labute approximate surface area is 188 Å². The number of amides is 1. The summed E-state index contributed by atoms with van der Waals surface area (Å²) in [4.78, 5) is 14.1. The van der Waals surface area contributed by atoms with E-state index < -0.39 is 10.0 Å². The molecule has 0 saturated carbocycles. The van der Waals surface area contributed by atoms with E-state index in [-0.39, 0.29) is 17.4 Å². The number of ether oxygens (including phenoxy) is 2. The van der Waals surface area contributed by atoms with Crippen molar-refractivity contribution in [3.8, 4) is 11.5 Å². The lowest BCUT2D eigenvalue weighted by Crippen LogP contribution is -2.31. The van der Waals surface area contributed by atoms with Crippen LogP contribution in [0, 0.1) is 13.8 Å². The fourth-order valence-electron chi connectivity index (χ4n) is 2.97.